The van der Waals surface area contributed by atoms with Gasteiger partial charge in [0.25, 0.3) is 5.91 Å². The zero-order valence-electron chi connectivity index (χ0n) is 11.5. The molecule has 1 aliphatic rings. The predicted molar refractivity (Wildman–Crippen MR) is 77.9 cm³/mol. The van der Waals surface area contributed by atoms with Gasteiger partial charge in [-0.05, 0) is 43.0 Å². The van der Waals surface area contributed by atoms with Gasteiger partial charge in [-0.25, -0.2) is 0 Å². The van der Waals surface area contributed by atoms with Gasteiger partial charge in [-0.1, -0.05) is 25.7 Å². The van der Waals surface area contributed by atoms with Crippen molar-refractivity contribution < 1.29 is 4.79 Å². The number of hydrogen-bond donors (Lipinski definition) is 3. The molecule has 1 aliphatic carbocycles. The number of anilines is 1. The van der Waals surface area contributed by atoms with E-state index in [1.54, 1.807) is 6.07 Å². The Kier molecular flexibility index (Phi) is 4.80. The lowest BCUT2D eigenvalue weighted by Gasteiger charge is -2.11. The minimum absolute atomic E-state index is 0.00432. The first-order valence-electron chi connectivity index (χ1n) is 7.06. The average Bonchev–Trinajstić information content (AvgIpc) is 2.91. The first-order chi connectivity index (χ1) is 9.20. The maximum absolute atomic E-state index is 12.0. The normalized spacial score (nSPS) is 15.5. The van der Waals surface area contributed by atoms with Gasteiger partial charge in [0.2, 0.25) is 0 Å². The standard InChI is InChI=1S/C15H23N3O/c1-11-10-13(6-7-14(11)18-16)15(19)17-9-8-12-4-2-3-5-12/h6-7,10,12,18H,2-5,8-9,16H2,1H3,(H,17,19). The third kappa shape index (κ3) is 3.70. The number of nitrogens with two attached hydrogens (primary N) is 1. The summed E-state index contributed by atoms with van der Waals surface area (Å²) in [6.07, 6.45) is 6.46. The molecule has 19 heavy (non-hydrogen) atoms. The number of rotatable bonds is 5. The van der Waals surface area contributed by atoms with Crippen LogP contribution < -0.4 is 16.6 Å². The summed E-state index contributed by atoms with van der Waals surface area (Å²) in [7, 11) is 0. The van der Waals surface area contributed by atoms with E-state index in [9.17, 15) is 4.79 Å². The summed E-state index contributed by atoms with van der Waals surface area (Å²) in [4.78, 5) is 12.0. The van der Waals surface area contributed by atoms with Gasteiger partial charge in [0.15, 0.2) is 0 Å². The fraction of sp³-hybridized carbons (Fsp3) is 0.533. The highest BCUT2D eigenvalue weighted by Crippen LogP contribution is 2.26. The Morgan fingerprint density at radius 1 is 1.37 bits per heavy atom. The number of nitrogens with one attached hydrogen (secondary N) is 2. The van der Waals surface area contributed by atoms with E-state index in [-0.39, 0.29) is 5.91 Å². The number of carbonyl (C=O) groups is 1. The van der Waals surface area contributed by atoms with Gasteiger partial charge in [-0.2, -0.15) is 0 Å². The number of carbonyl (C=O) groups excluding carboxylic acids is 1. The number of hydrogen-bond acceptors (Lipinski definition) is 3. The maximum atomic E-state index is 12.0. The molecule has 1 saturated carbocycles. The van der Waals surface area contributed by atoms with E-state index >= 15 is 0 Å². The van der Waals surface area contributed by atoms with Crippen molar-refractivity contribution in [2.75, 3.05) is 12.0 Å². The second-order valence-corrected chi connectivity index (χ2v) is 5.37. The van der Waals surface area contributed by atoms with Gasteiger partial charge in [0, 0.05) is 12.1 Å². The molecule has 0 bridgehead atoms. The lowest BCUT2D eigenvalue weighted by Crippen LogP contribution is -2.25. The van der Waals surface area contributed by atoms with Crippen LogP contribution in [0.1, 0.15) is 48.0 Å². The molecule has 4 nitrogen and oxygen atoms in total. The minimum atomic E-state index is 0.00432. The number of amides is 1. The molecule has 2 rings (SSSR count). The molecule has 1 amide bonds. The van der Waals surface area contributed by atoms with Crippen LogP contribution in [0.15, 0.2) is 18.2 Å². The van der Waals surface area contributed by atoms with Crippen molar-refractivity contribution in [2.45, 2.75) is 39.0 Å². The molecule has 0 unspecified atom stereocenters. The van der Waals surface area contributed by atoms with Crippen LogP contribution in [0.3, 0.4) is 0 Å². The molecule has 0 radical (unpaired) electrons. The minimum Gasteiger partial charge on any atom is -0.352 e. The fourth-order valence-corrected chi connectivity index (χ4v) is 2.76. The molecular formula is C15H23N3O. The molecule has 0 heterocycles. The highest BCUT2D eigenvalue weighted by molar-refractivity contribution is 5.94. The van der Waals surface area contributed by atoms with E-state index in [1.165, 1.54) is 25.7 Å². The Balaban J connectivity index is 1.83. The Morgan fingerprint density at radius 2 is 2.11 bits per heavy atom. The van der Waals surface area contributed by atoms with Gasteiger partial charge >= 0.3 is 0 Å². The molecule has 0 spiro atoms. The van der Waals surface area contributed by atoms with E-state index in [1.807, 2.05) is 19.1 Å². The van der Waals surface area contributed by atoms with Gasteiger partial charge in [-0.3, -0.25) is 10.6 Å². The molecule has 1 aromatic rings. The molecule has 0 atom stereocenters. The van der Waals surface area contributed by atoms with Crippen LogP contribution in [-0.2, 0) is 0 Å². The zero-order valence-corrected chi connectivity index (χ0v) is 11.5. The topological polar surface area (TPSA) is 67.2 Å². The second kappa shape index (κ2) is 6.57. The van der Waals surface area contributed by atoms with Crippen molar-refractivity contribution in [3.63, 3.8) is 0 Å². The molecular weight excluding hydrogens is 238 g/mol. The summed E-state index contributed by atoms with van der Waals surface area (Å²) in [5.41, 5.74) is 5.13. The molecule has 1 fully saturated rings. The SMILES string of the molecule is Cc1cc(C(=O)NCCC2CCCC2)ccc1NN. The third-order valence-electron chi connectivity index (χ3n) is 3.96. The number of aryl methyl sites for hydroxylation is 1. The number of nitrogen functional groups attached to an aromatic ring is 1. The smallest absolute Gasteiger partial charge is 0.251 e. The summed E-state index contributed by atoms with van der Waals surface area (Å²) in [6.45, 7) is 2.71. The largest absolute Gasteiger partial charge is 0.352 e. The molecule has 0 saturated heterocycles. The van der Waals surface area contributed by atoms with E-state index in [0.29, 0.717) is 5.56 Å². The van der Waals surface area contributed by atoms with Crippen molar-refractivity contribution in [1.29, 1.82) is 0 Å². The Labute approximate surface area is 114 Å². The summed E-state index contributed by atoms with van der Waals surface area (Å²) >= 11 is 0. The second-order valence-electron chi connectivity index (χ2n) is 5.37. The van der Waals surface area contributed by atoms with Gasteiger partial charge < -0.3 is 10.7 Å². The van der Waals surface area contributed by atoms with Crippen LogP contribution in [0.4, 0.5) is 5.69 Å². The summed E-state index contributed by atoms with van der Waals surface area (Å²) in [5, 5.41) is 3.00. The first-order valence-corrected chi connectivity index (χ1v) is 7.06. The average molecular weight is 261 g/mol. The van der Waals surface area contributed by atoms with Gasteiger partial charge in [0.05, 0.1) is 5.69 Å². The van der Waals surface area contributed by atoms with Gasteiger partial charge in [-0.15, -0.1) is 0 Å². The van der Waals surface area contributed by atoms with E-state index in [0.717, 1.165) is 30.1 Å². The van der Waals surface area contributed by atoms with Crippen LogP contribution in [0.2, 0.25) is 0 Å². The predicted octanol–water partition coefficient (Wildman–Crippen LogP) is 2.59. The van der Waals surface area contributed by atoms with Gasteiger partial charge in [0.1, 0.15) is 0 Å². The Hall–Kier alpha value is -1.55. The maximum Gasteiger partial charge on any atom is 0.251 e. The molecule has 104 valence electrons. The van der Waals surface area contributed by atoms with Crippen molar-refractivity contribution in [3.05, 3.63) is 29.3 Å². The monoisotopic (exact) mass is 261 g/mol. The van der Waals surface area contributed by atoms with Crippen molar-refractivity contribution in [1.82, 2.24) is 5.32 Å². The quantitative estimate of drug-likeness (QED) is 0.564. The Bertz CT molecular complexity index is 439. The lowest BCUT2D eigenvalue weighted by atomic mass is 10.0. The lowest BCUT2D eigenvalue weighted by molar-refractivity contribution is 0.0951. The summed E-state index contributed by atoms with van der Waals surface area (Å²) in [5.74, 6) is 6.19. The first kappa shape index (κ1) is 13.9. The summed E-state index contributed by atoms with van der Waals surface area (Å²) in [6, 6.07) is 5.49. The number of hydrazine groups is 1. The van der Waals surface area contributed by atoms with Crippen LogP contribution in [-0.4, -0.2) is 12.5 Å². The van der Waals surface area contributed by atoms with Crippen LogP contribution >= 0.6 is 0 Å². The molecule has 0 aliphatic heterocycles. The van der Waals surface area contributed by atoms with Crippen molar-refractivity contribution in [2.24, 2.45) is 11.8 Å². The highest BCUT2D eigenvalue weighted by atomic mass is 16.1. The Morgan fingerprint density at radius 3 is 2.74 bits per heavy atom. The molecule has 1 aromatic carbocycles. The molecule has 4 N–H and O–H groups in total. The van der Waals surface area contributed by atoms with Crippen LogP contribution in [0.25, 0.3) is 0 Å². The summed E-state index contributed by atoms with van der Waals surface area (Å²) < 4.78 is 0. The van der Waals surface area contributed by atoms with E-state index < -0.39 is 0 Å². The van der Waals surface area contributed by atoms with Crippen molar-refractivity contribution in [3.8, 4) is 0 Å². The van der Waals surface area contributed by atoms with Crippen LogP contribution in [0.5, 0.6) is 0 Å². The zero-order chi connectivity index (χ0) is 13.7. The van der Waals surface area contributed by atoms with Crippen LogP contribution in [0, 0.1) is 12.8 Å². The fourth-order valence-electron chi connectivity index (χ4n) is 2.76. The highest BCUT2D eigenvalue weighted by Gasteiger charge is 2.15. The molecule has 0 aromatic heterocycles. The molecule has 4 heteroatoms. The number of benzene rings is 1. The van der Waals surface area contributed by atoms with E-state index in [4.69, 9.17) is 5.84 Å². The third-order valence-corrected chi connectivity index (χ3v) is 3.96. The van der Waals surface area contributed by atoms with Crippen molar-refractivity contribution >= 4 is 11.6 Å². The van der Waals surface area contributed by atoms with E-state index in [2.05, 4.69) is 10.7 Å².